The van der Waals surface area contributed by atoms with Crippen LogP contribution in [0.25, 0.3) is 0 Å². The number of rotatable bonds is 6. The number of carbonyl (C=O) groups excluding carboxylic acids is 2. The maximum absolute atomic E-state index is 13.3. The van der Waals surface area contributed by atoms with Gasteiger partial charge in [0.05, 0.1) is 24.2 Å². The van der Waals surface area contributed by atoms with Crippen molar-refractivity contribution >= 4 is 23.2 Å². The van der Waals surface area contributed by atoms with Crippen LogP contribution in [0.4, 0.5) is 15.8 Å². The zero-order valence-corrected chi connectivity index (χ0v) is 17.0. The first kappa shape index (κ1) is 22.3. The van der Waals surface area contributed by atoms with Crippen LogP contribution >= 0.6 is 0 Å². The normalized spacial score (nSPS) is 15.2. The quantitative estimate of drug-likeness (QED) is 0.413. The van der Waals surface area contributed by atoms with E-state index in [1.165, 1.54) is 24.3 Å². The molecule has 3 rings (SSSR count). The molecule has 164 valence electrons. The monoisotopic (exact) mass is 430 g/mol. The van der Waals surface area contributed by atoms with Gasteiger partial charge in [-0.2, -0.15) is 0 Å². The fourth-order valence-electron chi connectivity index (χ4n) is 3.38. The zero-order chi connectivity index (χ0) is 22.4. The summed E-state index contributed by atoms with van der Waals surface area (Å²) in [5, 5.41) is 16.1. The minimum absolute atomic E-state index is 0.0565. The van der Waals surface area contributed by atoms with Gasteiger partial charge in [0.25, 0.3) is 5.69 Å². The summed E-state index contributed by atoms with van der Waals surface area (Å²) in [4.78, 5) is 37.4. The lowest BCUT2D eigenvalue weighted by Gasteiger charge is -2.34. The van der Waals surface area contributed by atoms with E-state index < -0.39 is 16.7 Å². The number of benzene rings is 2. The molecule has 0 bridgehead atoms. The molecule has 0 aromatic heterocycles. The summed E-state index contributed by atoms with van der Waals surface area (Å²) >= 11 is 0. The molecule has 1 aliphatic rings. The summed E-state index contributed by atoms with van der Waals surface area (Å²) in [5.74, 6) is -2.30. The van der Waals surface area contributed by atoms with E-state index >= 15 is 0 Å². The number of carbonyl (C=O) groups is 2. The maximum Gasteiger partial charge on any atom is 0.313 e. The predicted molar refractivity (Wildman–Crippen MR) is 111 cm³/mol. The first-order chi connectivity index (χ1) is 14.8. The number of ether oxygens (including phenoxy) is 1. The number of nitrogens with zero attached hydrogens (tertiary/aromatic N) is 2. The van der Waals surface area contributed by atoms with Crippen LogP contribution in [0.3, 0.4) is 0 Å². The van der Waals surface area contributed by atoms with Gasteiger partial charge in [-0.05, 0) is 36.2 Å². The molecule has 1 aliphatic heterocycles. The van der Waals surface area contributed by atoms with Crippen molar-refractivity contribution in [2.45, 2.75) is 13.0 Å². The molecule has 1 unspecified atom stereocenters. The van der Waals surface area contributed by atoms with Gasteiger partial charge in [0.15, 0.2) is 0 Å². The number of hydrogen-bond donors (Lipinski definition) is 2. The van der Waals surface area contributed by atoms with Crippen molar-refractivity contribution < 1.29 is 23.6 Å². The van der Waals surface area contributed by atoms with Crippen LogP contribution in [0, 0.1) is 22.9 Å². The topological polar surface area (TPSA) is 114 Å². The van der Waals surface area contributed by atoms with Gasteiger partial charge in [0, 0.05) is 25.7 Å². The van der Waals surface area contributed by atoms with Crippen LogP contribution in [0.2, 0.25) is 0 Å². The van der Waals surface area contributed by atoms with Gasteiger partial charge in [0.1, 0.15) is 11.5 Å². The molecule has 2 aromatic rings. The second kappa shape index (κ2) is 10.1. The third-order valence-electron chi connectivity index (χ3n) is 5.00. The van der Waals surface area contributed by atoms with E-state index in [-0.39, 0.29) is 29.8 Å². The van der Waals surface area contributed by atoms with Gasteiger partial charge in [0.2, 0.25) is 0 Å². The van der Waals surface area contributed by atoms with Crippen molar-refractivity contribution in [3.8, 4) is 0 Å². The second-order valence-electron chi connectivity index (χ2n) is 7.16. The number of halogens is 1. The Hall–Kier alpha value is -3.37. The Labute approximate surface area is 178 Å². The summed E-state index contributed by atoms with van der Waals surface area (Å²) in [6.07, 6.45) is 0. The second-order valence-corrected chi connectivity index (χ2v) is 7.16. The molecule has 2 N–H and O–H groups in total. The van der Waals surface area contributed by atoms with Crippen molar-refractivity contribution in [3.05, 3.63) is 69.5 Å². The Balaban J connectivity index is 1.68. The SMILES string of the molecule is Cc1ccc(NC(=O)C(=O)NCC(c2ccc(F)cc2)N2CCOCC2)c([N+](=O)[O-])c1. The highest BCUT2D eigenvalue weighted by molar-refractivity contribution is 6.39. The first-order valence-corrected chi connectivity index (χ1v) is 9.76. The Bertz CT molecular complexity index is 961. The third kappa shape index (κ3) is 5.83. The van der Waals surface area contributed by atoms with E-state index in [1.807, 2.05) is 0 Å². The van der Waals surface area contributed by atoms with Crippen LogP contribution in [0.5, 0.6) is 0 Å². The fraction of sp³-hybridized carbons (Fsp3) is 0.333. The van der Waals surface area contributed by atoms with Crippen LogP contribution < -0.4 is 10.6 Å². The molecule has 0 saturated carbocycles. The number of hydrogen-bond acceptors (Lipinski definition) is 6. The van der Waals surface area contributed by atoms with E-state index in [2.05, 4.69) is 15.5 Å². The molecule has 0 spiro atoms. The van der Waals surface area contributed by atoms with Gasteiger partial charge in [-0.1, -0.05) is 18.2 Å². The highest BCUT2D eigenvalue weighted by Gasteiger charge is 2.25. The number of nitro benzene ring substituents is 1. The minimum atomic E-state index is -1.01. The molecular formula is C21H23FN4O5. The first-order valence-electron chi connectivity index (χ1n) is 9.76. The Morgan fingerprint density at radius 2 is 1.84 bits per heavy atom. The van der Waals surface area contributed by atoms with Gasteiger partial charge < -0.3 is 15.4 Å². The minimum Gasteiger partial charge on any atom is -0.379 e. The van der Waals surface area contributed by atoms with Crippen molar-refractivity contribution in [2.24, 2.45) is 0 Å². The molecule has 2 amide bonds. The summed E-state index contributed by atoms with van der Waals surface area (Å²) in [6, 6.07) is 9.97. The van der Waals surface area contributed by atoms with Crippen LogP contribution in [0.1, 0.15) is 17.2 Å². The number of nitrogens with one attached hydrogen (secondary N) is 2. The lowest BCUT2D eigenvalue weighted by Crippen LogP contribution is -2.45. The molecular weight excluding hydrogens is 407 g/mol. The molecule has 0 aliphatic carbocycles. The van der Waals surface area contributed by atoms with Crippen molar-refractivity contribution in [1.82, 2.24) is 10.2 Å². The van der Waals surface area contributed by atoms with Crippen molar-refractivity contribution in [2.75, 3.05) is 38.2 Å². The molecule has 1 fully saturated rings. The van der Waals surface area contributed by atoms with Crippen LogP contribution in [-0.2, 0) is 14.3 Å². The molecule has 10 heteroatoms. The summed E-state index contributed by atoms with van der Waals surface area (Å²) in [7, 11) is 0. The summed E-state index contributed by atoms with van der Waals surface area (Å²) in [6.45, 7) is 4.10. The summed E-state index contributed by atoms with van der Waals surface area (Å²) in [5.41, 5.74) is 1.10. The number of aryl methyl sites for hydroxylation is 1. The largest absolute Gasteiger partial charge is 0.379 e. The lowest BCUT2D eigenvalue weighted by atomic mass is 10.0. The van der Waals surface area contributed by atoms with Crippen molar-refractivity contribution in [3.63, 3.8) is 0 Å². The third-order valence-corrected chi connectivity index (χ3v) is 5.00. The molecule has 31 heavy (non-hydrogen) atoms. The highest BCUT2D eigenvalue weighted by atomic mass is 19.1. The Morgan fingerprint density at radius 3 is 2.48 bits per heavy atom. The van der Waals surface area contributed by atoms with E-state index in [0.29, 0.717) is 31.9 Å². The summed E-state index contributed by atoms with van der Waals surface area (Å²) < 4.78 is 18.7. The molecule has 1 saturated heterocycles. The average Bonchev–Trinajstić information content (AvgIpc) is 2.76. The zero-order valence-electron chi connectivity index (χ0n) is 17.0. The van der Waals surface area contributed by atoms with Gasteiger partial charge in [-0.15, -0.1) is 0 Å². The molecule has 9 nitrogen and oxygen atoms in total. The van der Waals surface area contributed by atoms with E-state index in [4.69, 9.17) is 4.74 Å². The van der Waals surface area contributed by atoms with E-state index in [9.17, 15) is 24.1 Å². The molecule has 1 heterocycles. The fourth-order valence-corrected chi connectivity index (χ4v) is 3.38. The Kier molecular flexibility index (Phi) is 7.27. The molecule has 1 atom stereocenters. The average molecular weight is 430 g/mol. The van der Waals surface area contributed by atoms with Gasteiger partial charge in [-0.3, -0.25) is 24.6 Å². The molecule has 0 radical (unpaired) electrons. The van der Waals surface area contributed by atoms with Crippen molar-refractivity contribution in [1.29, 1.82) is 0 Å². The standard InChI is InChI=1S/C21H23FN4O5/c1-14-2-7-17(18(12-14)26(29)30)24-21(28)20(27)23-13-19(25-8-10-31-11-9-25)15-3-5-16(22)6-4-15/h2-7,12,19H,8-11,13H2,1H3,(H,23,27)(H,24,28). The number of morpholine rings is 1. The van der Waals surface area contributed by atoms with E-state index in [1.54, 1.807) is 25.1 Å². The predicted octanol–water partition coefficient (Wildman–Crippen LogP) is 2.17. The Morgan fingerprint density at radius 1 is 1.16 bits per heavy atom. The number of nitro groups is 1. The maximum atomic E-state index is 13.3. The number of anilines is 1. The smallest absolute Gasteiger partial charge is 0.313 e. The van der Waals surface area contributed by atoms with Crippen LogP contribution in [-0.4, -0.2) is 54.5 Å². The highest BCUT2D eigenvalue weighted by Crippen LogP contribution is 2.25. The van der Waals surface area contributed by atoms with Gasteiger partial charge >= 0.3 is 11.8 Å². The van der Waals surface area contributed by atoms with Gasteiger partial charge in [-0.25, -0.2) is 4.39 Å². The van der Waals surface area contributed by atoms with Crippen LogP contribution in [0.15, 0.2) is 42.5 Å². The number of amides is 2. The molecule has 2 aromatic carbocycles. The lowest BCUT2D eigenvalue weighted by molar-refractivity contribution is -0.384. The van der Waals surface area contributed by atoms with E-state index in [0.717, 1.165) is 5.56 Å².